The Balaban J connectivity index is 0.00000433. The molecule has 0 bridgehead atoms. The maximum atomic E-state index is 14.3. The second kappa shape index (κ2) is 14.5. The van der Waals surface area contributed by atoms with Crippen LogP contribution in [0.3, 0.4) is 0 Å². The molecule has 47 heavy (non-hydrogen) atoms. The number of carbonyl (C=O) groups excluding carboxylic acids is 4. The molecule has 2 N–H and O–H groups in total. The Morgan fingerprint density at radius 2 is 1.68 bits per heavy atom. The number of hydrogen-bond donors (Lipinski definition) is 2. The zero-order chi connectivity index (χ0) is 32.2. The summed E-state index contributed by atoms with van der Waals surface area (Å²) >= 11 is 0. The maximum absolute atomic E-state index is 14.3. The minimum atomic E-state index is -0.880. The molecule has 3 aromatic rings. The third-order valence-corrected chi connectivity index (χ3v) is 8.70. The summed E-state index contributed by atoms with van der Waals surface area (Å²) in [6, 6.07) is 22.5. The van der Waals surface area contributed by atoms with E-state index in [1.54, 1.807) is 55.1 Å². The lowest BCUT2D eigenvalue weighted by Gasteiger charge is -2.55. The first-order chi connectivity index (χ1) is 22.3. The van der Waals surface area contributed by atoms with Crippen molar-refractivity contribution >= 4 is 29.4 Å². The molecule has 3 heterocycles. The topological polar surface area (TPSA) is 117 Å². The van der Waals surface area contributed by atoms with Crippen LogP contribution in [0.1, 0.15) is 37.0 Å². The van der Waals surface area contributed by atoms with Crippen LogP contribution in [-0.4, -0.2) is 87.1 Å². The smallest absolute Gasteiger partial charge is 0.334 e. The Hall–Kier alpha value is -5.16. The number of rotatable bonds is 9. The molecule has 0 aliphatic carbocycles. The average molecular weight is 639 g/mol. The summed E-state index contributed by atoms with van der Waals surface area (Å²) in [5.74, 6) is -0.312. The molecule has 11 heteroatoms. The summed E-state index contributed by atoms with van der Waals surface area (Å²) in [6.45, 7) is 5.29. The molecule has 0 aromatic heterocycles. The number of amides is 5. The van der Waals surface area contributed by atoms with Crippen LogP contribution in [0.15, 0.2) is 91.5 Å². The average Bonchev–Trinajstić information content (AvgIpc) is 3.49. The predicted molar refractivity (Wildman–Crippen MR) is 179 cm³/mol. The minimum Gasteiger partial charge on any atom is -0.508 e. The lowest BCUT2D eigenvalue weighted by atomic mass is 9.98. The molecule has 3 fully saturated rings. The SMILES string of the molecule is C.C=CCN1CC(=O)N2[C@@H](Cc3ccc(O)cc3)C(=O)N(Cc3cccc(N4CCCC4=O)c3)C[C@@H]2N1C(=O)NCc1ccccc1. The Kier molecular flexibility index (Phi) is 10.3. The highest BCUT2D eigenvalue weighted by Crippen LogP contribution is 2.30. The molecule has 2 atom stereocenters. The molecule has 3 aromatic carbocycles. The quantitative estimate of drug-likeness (QED) is 0.344. The van der Waals surface area contributed by atoms with Gasteiger partial charge in [-0.25, -0.2) is 14.8 Å². The van der Waals surface area contributed by atoms with Crippen LogP contribution in [-0.2, 0) is 33.9 Å². The minimum absolute atomic E-state index is 0. The van der Waals surface area contributed by atoms with E-state index < -0.39 is 12.2 Å². The molecule has 0 spiro atoms. The van der Waals surface area contributed by atoms with Gasteiger partial charge in [0.2, 0.25) is 17.7 Å². The molecule has 246 valence electrons. The molecule has 0 radical (unpaired) electrons. The fraction of sp³-hybridized carbons (Fsp3) is 0.333. The number of benzene rings is 3. The fourth-order valence-electron chi connectivity index (χ4n) is 6.52. The third-order valence-electron chi connectivity index (χ3n) is 8.70. The van der Waals surface area contributed by atoms with E-state index in [2.05, 4.69) is 11.9 Å². The van der Waals surface area contributed by atoms with Crippen molar-refractivity contribution in [1.29, 1.82) is 0 Å². The predicted octanol–water partition coefficient (Wildman–Crippen LogP) is 3.89. The van der Waals surface area contributed by atoms with E-state index in [4.69, 9.17) is 0 Å². The van der Waals surface area contributed by atoms with Gasteiger partial charge >= 0.3 is 6.03 Å². The zero-order valence-electron chi connectivity index (χ0n) is 25.6. The number of nitrogens with one attached hydrogen (secondary N) is 1. The summed E-state index contributed by atoms with van der Waals surface area (Å²) in [5, 5.41) is 16.1. The van der Waals surface area contributed by atoms with Crippen LogP contribution in [0, 0.1) is 0 Å². The van der Waals surface area contributed by atoms with Crippen LogP contribution in [0.2, 0.25) is 0 Å². The number of hydrogen-bond acceptors (Lipinski definition) is 6. The first-order valence-electron chi connectivity index (χ1n) is 15.6. The van der Waals surface area contributed by atoms with Gasteiger partial charge in [-0.1, -0.05) is 68.1 Å². The molecular weight excluding hydrogens is 596 g/mol. The Labute approximate surface area is 275 Å². The van der Waals surface area contributed by atoms with Crippen LogP contribution in [0.25, 0.3) is 0 Å². The van der Waals surface area contributed by atoms with Crippen molar-refractivity contribution in [3.05, 3.63) is 108 Å². The number of anilines is 1. The van der Waals surface area contributed by atoms with Gasteiger partial charge in [-0.15, -0.1) is 6.58 Å². The highest BCUT2D eigenvalue weighted by Gasteiger charge is 2.51. The number of phenolic OH excluding ortho intramolecular Hbond substituents is 1. The molecule has 6 rings (SSSR count). The van der Waals surface area contributed by atoms with Gasteiger partial charge in [0.05, 0.1) is 13.1 Å². The molecular formula is C36H42N6O5. The molecule has 3 aliphatic rings. The van der Waals surface area contributed by atoms with E-state index in [-0.39, 0.29) is 69.5 Å². The van der Waals surface area contributed by atoms with Crippen molar-refractivity contribution in [2.45, 2.75) is 52.0 Å². The van der Waals surface area contributed by atoms with Gasteiger partial charge in [-0.05, 0) is 47.4 Å². The Morgan fingerprint density at radius 1 is 0.936 bits per heavy atom. The second-order valence-electron chi connectivity index (χ2n) is 11.8. The van der Waals surface area contributed by atoms with Gasteiger partial charge in [0.1, 0.15) is 18.0 Å². The van der Waals surface area contributed by atoms with Crippen molar-refractivity contribution in [3.8, 4) is 5.75 Å². The molecule has 0 unspecified atom stereocenters. The van der Waals surface area contributed by atoms with Gasteiger partial charge in [0.25, 0.3) is 0 Å². The van der Waals surface area contributed by atoms with E-state index in [0.717, 1.165) is 28.8 Å². The zero-order valence-corrected chi connectivity index (χ0v) is 25.6. The van der Waals surface area contributed by atoms with Crippen LogP contribution >= 0.6 is 0 Å². The third kappa shape index (κ3) is 7.15. The maximum Gasteiger partial charge on any atom is 0.334 e. The number of fused-ring (bicyclic) bond motifs is 1. The first kappa shape index (κ1) is 33.2. The van der Waals surface area contributed by atoms with Gasteiger partial charge < -0.3 is 25.1 Å². The standard InChI is InChI=1S/C35H38N6O5.CH4/c1-2-17-38-24-33(44)40-30(20-25-13-15-29(42)16-14-25)34(45)37(22-27-10-6-11-28(19-27)39-18-7-12-32(39)43)23-31(40)41(38)35(46)36-21-26-8-4-3-5-9-26;/h2-6,8-11,13-16,19,30-31,42H,1,7,12,17-18,20-24H2,(H,36,46);1H4/t30-,31-;/m0./s1. The lowest BCUT2D eigenvalue weighted by molar-refractivity contribution is -0.189. The van der Waals surface area contributed by atoms with E-state index in [1.807, 2.05) is 54.6 Å². The number of urea groups is 1. The lowest BCUT2D eigenvalue weighted by Crippen LogP contribution is -2.76. The molecule has 5 amide bonds. The molecule has 3 aliphatic heterocycles. The van der Waals surface area contributed by atoms with Crippen molar-refractivity contribution in [2.24, 2.45) is 0 Å². The van der Waals surface area contributed by atoms with E-state index >= 15 is 0 Å². The van der Waals surface area contributed by atoms with Crippen LogP contribution in [0.4, 0.5) is 10.5 Å². The van der Waals surface area contributed by atoms with Crippen molar-refractivity contribution in [3.63, 3.8) is 0 Å². The van der Waals surface area contributed by atoms with Crippen LogP contribution in [0.5, 0.6) is 5.75 Å². The largest absolute Gasteiger partial charge is 0.508 e. The number of hydrazine groups is 1. The number of aromatic hydroxyl groups is 1. The van der Waals surface area contributed by atoms with Gasteiger partial charge in [0, 0.05) is 44.7 Å². The number of phenols is 1. The summed E-state index contributed by atoms with van der Waals surface area (Å²) in [6.07, 6.45) is 2.40. The monoisotopic (exact) mass is 638 g/mol. The molecule has 0 saturated carbocycles. The van der Waals surface area contributed by atoms with Gasteiger partial charge in [-0.3, -0.25) is 14.4 Å². The van der Waals surface area contributed by atoms with Crippen LogP contribution < -0.4 is 10.2 Å². The first-order valence-corrected chi connectivity index (χ1v) is 15.6. The number of carbonyl (C=O) groups is 4. The number of piperazine rings is 1. The van der Waals surface area contributed by atoms with Gasteiger partial charge in [0.15, 0.2) is 0 Å². The number of nitrogens with zero attached hydrogens (tertiary/aromatic N) is 5. The van der Waals surface area contributed by atoms with E-state index in [9.17, 15) is 24.3 Å². The fourth-order valence-corrected chi connectivity index (χ4v) is 6.52. The van der Waals surface area contributed by atoms with Crippen molar-refractivity contribution in [2.75, 3.05) is 31.1 Å². The summed E-state index contributed by atoms with van der Waals surface area (Å²) < 4.78 is 0. The van der Waals surface area contributed by atoms with Crippen molar-refractivity contribution < 1.29 is 24.3 Å². The Morgan fingerprint density at radius 3 is 2.38 bits per heavy atom. The van der Waals surface area contributed by atoms with Crippen molar-refractivity contribution in [1.82, 2.24) is 25.1 Å². The normalized spacial score (nSPS) is 19.8. The van der Waals surface area contributed by atoms with Gasteiger partial charge in [-0.2, -0.15) is 0 Å². The summed E-state index contributed by atoms with van der Waals surface area (Å²) in [7, 11) is 0. The Bertz CT molecular complexity index is 1610. The second-order valence-corrected chi connectivity index (χ2v) is 11.8. The molecule has 3 saturated heterocycles. The van der Waals surface area contributed by atoms with E-state index in [0.29, 0.717) is 19.5 Å². The summed E-state index contributed by atoms with van der Waals surface area (Å²) in [4.78, 5) is 59.4. The summed E-state index contributed by atoms with van der Waals surface area (Å²) in [5.41, 5.74) is 3.33. The highest BCUT2D eigenvalue weighted by atomic mass is 16.3. The van der Waals surface area contributed by atoms with E-state index in [1.165, 1.54) is 0 Å². The highest BCUT2D eigenvalue weighted by molar-refractivity contribution is 5.95. The molecule has 11 nitrogen and oxygen atoms in total.